The molecule has 0 aliphatic rings. The molecule has 6 heavy (non-hydrogen) atoms. The van der Waals surface area contributed by atoms with Gasteiger partial charge in [-0.2, -0.15) is 0 Å². The summed E-state index contributed by atoms with van der Waals surface area (Å²) in [6.45, 7) is 0. The Morgan fingerprint density at radius 3 is 1.17 bits per heavy atom. The van der Waals surface area contributed by atoms with Gasteiger partial charge in [0.25, 0.3) is 0 Å². The molecule has 0 N–H and O–H groups in total. The molecule has 0 aliphatic carbocycles. The van der Waals surface area contributed by atoms with E-state index < -0.39 is 8.34 Å². The summed E-state index contributed by atoms with van der Waals surface area (Å²) in [6, 6.07) is 0. The van der Waals surface area contributed by atoms with Gasteiger partial charge in [-0.05, 0) is 0 Å². The van der Waals surface area contributed by atoms with Crippen molar-refractivity contribution in [1.29, 1.82) is 0 Å². The predicted octanol–water partition coefficient (Wildman–Crippen LogP) is 0.348. The number of rotatable bonds is 0. The van der Waals surface area contributed by atoms with Gasteiger partial charge in [-0.3, -0.25) is 0 Å². The van der Waals surface area contributed by atoms with E-state index in [4.69, 9.17) is 9.13 Å². The molecule has 0 aromatic heterocycles. The first kappa shape index (κ1) is 24.5. The van der Waals surface area contributed by atoms with Crippen molar-refractivity contribution in [2.24, 2.45) is 0 Å². The summed E-state index contributed by atoms with van der Waals surface area (Å²) < 4.78 is 16.8. The van der Waals surface area contributed by atoms with Crippen LogP contribution in [-0.4, -0.2) is 0 Å². The van der Waals surface area contributed by atoms with Crippen LogP contribution in [-0.2, 0) is 73.0 Å². The minimum Gasteiger partial charge on any atom is -0.241 e. The van der Waals surface area contributed by atoms with Gasteiger partial charge in [-0.15, -0.1) is 0 Å². The fraction of sp³-hybridized carbons (Fsp3) is 0. The molecule has 0 amide bonds. The van der Waals surface area contributed by atoms with Gasteiger partial charge in [0.1, 0.15) is 0 Å². The molecule has 34 valence electrons. The van der Waals surface area contributed by atoms with E-state index in [-0.39, 0.29) is 63.8 Å². The summed E-state index contributed by atoms with van der Waals surface area (Å²) in [5.74, 6) is 0. The molecule has 0 aromatic rings. The van der Waals surface area contributed by atoms with Crippen LogP contribution in [0.5, 0.6) is 0 Å². The monoisotopic (exact) mass is 394 g/mol. The molecule has 0 heterocycles. The van der Waals surface area contributed by atoms with Crippen molar-refractivity contribution in [1.82, 2.24) is 0 Å². The normalized spacial score (nSPS) is 2.00. The summed E-state index contributed by atoms with van der Waals surface area (Å²) in [7, 11) is -1.42. The molecule has 0 atom stereocenters. The summed E-state index contributed by atoms with van der Waals surface area (Å²) >= 11 is 0. The summed E-state index contributed by atoms with van der Waals surface area (Å²) in [5.41, 5.74) is 0. The van der Waals surface area contributed by atoms with E-state index in [9.17, 15) is 0 Å². The van der Waals surface area contributed by atoms with Crippen LogP contribution in [0, 0.1) is 0 Å². The second-order valence-corrected chi connectivity index (χ2v) is 0.250. The third-order valence-electron chi connectivity index (χ3n) is 0. The van der Waals surface area contributed by atoms with E-state index in [0.29, 0.717) is 0 Å². The Morgan fingerprint density at radius 1 is 1.17 bits per heavy atom. The number of hydrogen-bond donors (Lipinski definition) is 0. The van der Waals surface area contributed by atoms with E-state index in [0.717, 1.165) is 0 Å². The zero-order valence-electron chi connectivity index (χ0n) is 2.63. The quantitative estimate of drug-likeness (QED) is 0.441. The van der Waals surface area contributed by atoms with E-state index in [2.05, 4.69) is 0 Å². The zero-order chi connectivity index (χ0) is 2.71. The van der Waals surface area contributed by atoms with Crippen molar-refractivity contribution in [2.75, 3.05) is 0 Å². The van der Waals surface area contributed by atoms with Crippen LogP contribution in [0.25, 0.3) is 0 Å². The van der Waals surface area contributed by atoms with Crippen molar-refractivity contribution in [3.05, 3.63) is 0 Å². The molecule has 0 saturated heterocycles. The van der Waals surface area contributed by atoms with Crippen molar-refractivity contribution >= 4 is 8.34 Å². The van der Waals surface area contributed by atoms with Crippen LogP contribution in [0.1, 0.15) is 0 Å². The molecule has 0 spiro atoms. The van der Waals surface area contributed by atoms with Gasteiger partial charge < -0.3 is 0 Å². The molecule has 0 fully saturated rings. The van der Waals surface area contributed by atoms with Gasteiger partial charge in [0.05, 0.1) is 0 Å². The van der Waals surface area contributed by atoms with Gasteiger partial charge in [0.15, 0.2) is 0 Å². The van der Waals surface area contributed by atoms with Gasteiger partial charge in [0, 0.05) is 63.8 Å². The van der Waals surface area contributed by atoms with Crippen LogP contribution in [0.15, 0.2) is 0 Å². The molecule has 0 aliphatic heterocycles. The second kappa shape index (κ2) is 28.0. The third-order valence-corrected chi connectivity index (χ3v) is 0. The molecule has 0 unspecified atom stereocenters. The zero-order valence-corrected chi connectivity index (χ0v) is 10.1. The maximum Gasteiger partial charge on any atom is 0.303 e. The first-order valence-corrected chi connectivity index (χ1v) is 1.22. The third kappa shape index (κ3) is 37.6. The average Bonchev–Trinajstić information content (AvgIpc) is 0.918. The maximum absolute atomic E-state index is 8.40. The van der Waals surface area contributed by atoms with Crippen LogP contribution in [0.2, 0.25) is 0 Å². The Kier molecular flexibility index (Phi) is 115. The maximum atomic E-state index is 8.40. The Balaban J connectivity index is -0.00000000667. The smallest absolute Gasteiger partial charge is 0.241 e. The minimum absolute atomic E-state index is 0. The van der Waals surface area contributed by atoms with E-state index in [1.54, 1.807) is 0 Å². The molecule has 0 bridgehead atoms. The Bertz CT molecular complexity index is 34.5. The topological polar surface area (TPSA) is 34.1 Å². The standard InChI is InChI=1S/Mo.HO2P.Ti.W/c;1-3-2;;/h;3H;;. The molecule has 0 rings (SSSR count). The van der Waals surface area contributed by atoms with Crippen molar-refractivity contribution < 1.29 is 73.0 Å². The molecule has 0 radical (unpaired) electrons. The van der Waals surface area contributed by atoms with Crippen molar-refractivity contribution in [3.8, 4) is 0 Å². The molecule has 0 aromatic carbocycles. The molecule has 2 nitrogen and oxygen atoms in total. The predicted molar refractivity (Wildman–Crippen MR) is 9.69 cm³/mol. The fourth-order valence-electron chi connectivity index (χ4n) is 0. The van der Waals surface area contributed by atoms with E-state index in [1.807, 2.05) is 0 Å². The first-order chi connectivity index (χ1) is 1.41. The van der Waals surface area contributed by atoms with Gasteiger partial charge >= 0.3 is 8.34 Å². The minimum atomic E-state index is -1.42. The summed E-state index contributed by atoms with van der Waals surface area (Å²) in [6.07, 6.45) is 0. The largest absolute Gasteiger partial charge is 0.303 e. The average molecular weight is 392 g/mol. The Morgan fingerprint density at radius 2 is 1.17 bits per heavy atom. The SMILES string of the molecule is O=[PH]=O.[Mo].[Ti].[W]. The van der Waals surface area contributed by atoms with E-state index >= 15 is 0 Å². The van der Waals surface area contributed by atoms with Crippen LogP contribution < -0.4 is 0 Å². The van der Waals surface area contributed by atoms with Crippen molar-refractivity contribution in [3.63, 3.8) is 0 Å². The van der Waals surface area contributed by atoms with Crippen LogP contribution in [0.3, 0.4) is 0 Å². The Hall–Kier alpha value is 1.99. The van der Waals surface area contributed by atoms with Gasteiger partial charge in [-0.25, -0.2) is 9.13 Å². The molecule has 0 saturated carbocycles. The van der Waals surface area contributed by atoms with Crippen molar-refractivity contribution in [2.45, 2.75) is 0 Å². The Labute approximate surface area is 80.5 Å². The van der Waals surface area contributed by atoms with Gasteiger partial charge in [-0.1, -0.05) is 0 Å². The van der Waals surface area contributed by atoms with Gasteiger partial charge in [0.2, 0.25) is 0 Å². The fourth-order valence-corrected chi connectivity index (χ4v) is 0. The molecular formula is HMoO2PTiW. The second-order valence-electron chi connectivity index (χ2n) is 0.0833. The summed E-state index contributed by atoms with van der Waals surface area (Å²) in [4.78, 5) is 0. The first-order valence-electron chi connectivity index (χ1n) is 0.408. The number of hydrogen-bond acceptors (Lipinski definition) is 2. The summed E-state index contributed by atoms with van der Waals surface area (Å²) in [5, 5.41) is 0. The van der Waals surface area contributed by atoms with Crippen LogP contribution >= 0.6 is 8.34 Å². The van der Waals surface area contributed by atoms with Crippen LogP contribution in [0.4, 0.5) is 0 Å². The molecular weight excluding hydrogens is 391 g/mol. The van der Waals surface area contributed by atoms with E-state index in [1.165, 1.54) is 0 Å². The molecule has 6 heteroatoms.